The van der Waals surface area contributed by atoms with E-state index >= 15 is 0 Å². The number of pyridine rings is 1. The first-order valence-electron chi connectivity index (χ1n) is 7.09. The second-order valence-corrected chi connectivity index (χ2v) is 5.51. The van der Waals surface area contributed by atoms with Gasteiger partial charge in [0, 0.05) is 11.6 Å². The van der Waals surface area contributed by atoms with Crippen LogP contribution in [-0.2, 0) is 6.42 Å². The van der Waals surface area contributed by atoms with Crippen LogP contribution < -0.4 is 10.9 Å². The summed E-state index contributed by atoms with van der Waals surface area (Å²) in [6.45, 7) is 3.11. The SMILES string of the molecule is Cc1cccc2cc(CC3CCCCN3)c(=O)[nH]c12. The molecule has 100 valence electrons. The van der Waals surface area contributed by atoms with Gasteiger partial charge in [-0.15, -0.1) is 0 Å². The minimum absolute atomic E-state index is 0.0640. The zero-order chi connectivity index (χ0) is 13.2. The van der Waals surface area contributed by atoms with Crippen molar-refractivity contribution >= 4 is 10.9 Å². The van der Waals surface area contributed by atoms with Crippen molar-refractivity contribution in [2.45, 2.75) is 38.6 Å². The van der Waals surface area contributed by atoms with E-state index in [0.29, 0.717) is 6.04 Å². The van der Waals surface area contributed by atoms with Gasteiger partial charge in [-0.2, -0.15) is 0 Å². The quantitative estimate of drug-likeness (QED) is 0.867. The summed E-state index contributed by atoms with van der Waals surface area (Å²) < 4.78 is 0. The summed E-state index contributed by atoms with van der Waals surface area (Å²) in [7, 11) is 0. The number of aryl methyl sites for hydroxylation is 1. The van der Waals surface area contributed by atoms with Crippen molar-refractivity contribution < 1.29 is 0 Å². The van der Waals surface area contributed by atoms with Gasteiger partial charge in [-0.25, -0.2) is 0 Å². The molecule has 2 aromatic rings. The number of aromatic amines is 1. The number of benzene rings is 1. The van der Waals surface area contributed by atoms with Gasteiger partial charge in [-0.1, -0.05) is 24.6 Å². The molecule has 19 heavy (non-hydrogen) atoms. The molecule has 1 aliphatic rings. The van der Waals surface area contributed by atoms with Crippen LogP contribution in [0.25, 0.3) is 10.9 Å². The number of nitrogens with one attached hydrogen (secondary N) is 2. The summed E-state index contributed by atoms with van der Waals surface area (Å²) in [4.78, 5) is 15.2. The Morgan fingerprint density at radius 3 is 3.00 bits per heavy atom. The fraction of sp³-hybridized carbons (Fsp3) is 0.438. The molecule has 1 aliphatic heterocycles. The lowest BCUT2D eigenvalue weighted by Gasteiger charge is -2.23. The first-order chi connectivity index (χ1) is 9.24. The molecular weight excluding hydrogens is 236 g/mol. The number of rotatable bonds is 2. The van der Waals surface area contributed by atoms with Gasteiger partial charge in [0.1, 0.15) is 0 Å². The molecule has 0 amide bonds. The van der Waals surface area contributed by atoms with E-state index in [0.717, 1.165) is 35.0 Å². The normalized spacial score (nSPS) is 19.7. The molecular formula is C16H20N2O. The van der Waals surface area contributed by atoms with E-state index in [-0.39, 0.29) is 5.56 Å². The smallest absolute Gasteiger partial charge is 0.251 e. The van der Waals surface area contributed by atoms with E-state index in [9.17, 15) is 4.79 Å². The highest BCUT2D eigenvalue weighted by Crippen LogP contribution is 2.17. The van der Waals surface area contributed by atoms with Crippen LogP contribution in [-0.4, -0.2) is 17.6 Å². The Morgan fingerprint density at radius 2 is 2.21 bits per heavy atom. The minimum Gasteiger partial charge on any atom is -0.321 e. The van der Waals surface area contributed by atoms with Crippen LogP contribution in [0.15, 0.2) is 29.1 Å². The third-order valence-electron chi connectivity index (χ3n) is 4.04. The summed E-state index contributed by atoms with van der Waals surface area (Å²) in [5, 5.41) is 4.63. The molecule has 1 saturated heterocycles. The van der Waals surface area contributed by atoms with Crippen molar-refractivity contribution in [1.82, 2.24) is 10.3 Å². The maximum Gasteiger partial charge on any atom is 0.251 e. The third kappa shape index (κ3) is 2.56. The Hall–Kier alpha value is -1.61. The minimum atomic E-state index is 0.0640. The summed E-state index contributed by atoms with van der Waals surface area (Å²) >= 11 is 0. The number of H-pyrrole nitrogens is 1. The summed E-state index contributed by atoms with van der Waals surface area (Å²) in [5.74, 6) is 0. The lowest BCUT2D eigenvalue weighted by molar-refractivity contribution is 0.398. The molecule has 0 radical (unpaired) electrons. The number of piperidine rings is 1. The number of fused-ring (bicyclic) bond motifs is 1. The summed E-state index contributed by atoms with van der Waals surface area (Å²) in [6.07, 6.45) is 4.52. The van der Waals surface area contributed by atoms with Crippen LogP contribution in [0.2, 0.25) is 0 Å². The van der Waals surface area contributed by atoms with E-state index in [1.165, 1.54) is 19.3 Å². The van der Waals surface area contributed by atoms with Gasteiger partial charge in [0.05, 0.1) is 5.52 Å². The second-order valence-electron chi connectivity index (χ2n) is 5.51. The van der Waals surface area contributed by atoms with Gasteiger partial charge >= 0.3 is 0 Å². The summed E-state index contributed by atoms with van der Waals surface area (Å²) in [6, 6.07) is 8.64. The molecule has 1 aromatic heterocycles. The molecule has 1 fully saturated rings. The van der Waals surface area contributed by atoms with Crippen molar-refractivity contribution in [3.63, 3.8) is 0 Å². The zero-order valence-electron chi connectivity index (χ0n) is 11.3. The molecule has 0 aliphatic carbocycles. The molecule has 1 aromatic carbocycles. The molecule has 2 heterocycles. The Balaban J connectivity index is 1.95. The van der Waals surface area contributed by atoms with E-state index in [1.54, 1.807) is 0 Å². The highest BCUT2D eigenvalue weighted by Gasteiger charge is 2.15. The standard InChI is InChI=1S/C16H20N2O/c1-11-5-4-6-12-9-13(16(19)18-15(11)12)10-14-7-2-3-8-17-14/h4-6,9,14,17H,2-3,7-8,10H2,1H3,(H,18,19). The third-order valence-corrected chi connectivity index (χ3v) is 4.04. The molecule has 0 bridgehead atoms. The molecule has 0 saturated carbocycles. The van der Waals surface area contributed by atoms with Crippen molar-refractivity contribution in [2.24, 2.45) is 0 Å². The maximum atomic E-state index is 12.2. The maximum absolute atomic E-state index is 12.2. The largest absolute Gasteiger partial charge is 0.321 e. The summed E-state index contributed by atoms with van der Waals surface area (Å²) in [5.41, 5.74) is 3.05. The van der Waals surface area contributed by atoms with Gasteiger partial charge in [-0.05, 0) is 49.7 Å². The van der Waals surface area contributed by atoms with Crippen LogP contribution in [0.4, 0.5) is 0 Å². The van der Waals surface area contributed by atoms with E-state index in [2.05, 4.69) is 22.4 Å². The molecule has 1 atom stereocenters. The first kappa shape index (κ1) is 12.4. The van der Waals surface area contributed by atoms with E-state index in [1.807, 2.05) is 19.1 Å². The van der Waals surface area contributed by atoms with E-state index in [4.69, 9.17) is 0 Å². The number of hydrogen-bond acceptors (Lipinski definition) is 2. The molecule has 0 spiro atoms. The van der Waals surface area contributed by atoms with Crippen LogP contribution in [0.5, 0.6) is 0 Å². The molecule has 1 unspecified atom stereocenters. The lowest BCUT2D eigenvalue weighted by atomic mass is 9.97. The number of para-hydroxylation sites is 1. The fourth-order valence-electron chi connectivity index (χ4n) is 2.94. The van der Waals surface area contributed by atoms with Crippen molar-refractivity contribution in [3.05, 3.63) is 45.7 Å². The first-order valence-corrected chi connectivity index (χ1v) is 7.09. The van der Waals surface area contributed by atoms with Crippen LogP contribution in [0.1, 0.15) is 30.4 Å². The van der Waals surface area contributed by atoms with Gasteiger partial charge in [-0.3, -0.25) is 4.79 Å². The van der Waals surface area contributed by atoms with Crippen molar-refractivity contribution in [2.75, 3.05) is 6.54 Å². The average Bonchev–Trinajstić information content (AvgIpc) is 2.42. The predicted molar refractivity (Wildman–Crippen MR) is 78.7 cm³/mol. The Kier molecular flexibility index (Phi) is 3.38. The average molecular weight is 256 g/mol. The van der Waals surface area contributed by atoms with E-state index < -0.39 is 0 Å². The van der Waals surface area contributed by atoms with Gasteiger partial charge in [0.2, 0.25) is 0 Å². The van der Waals surface area contributed by atoms with Crippen LogP contribution in [0.3, 0.4) is 0 Å². The number of hydrogen-bond donors (Lipinski definition) is 2. The monoisotopic (exact) mass is 256 g/mol. The molecule has 3 nitrogen and oxygen atoms in total. The Morgan fingerprint density at radius 1 is 1.32 bits per heavy atom. The van der Waals surface area contributed by atoms with Gasteiger partial charge in [0.15, 0.2) is 0 Å². The topological polar surface area (TPSA) is 44.9 Å². The molecule has 3 rings (SSSR count). The Labute approximate surface area is 113 Å². The van der Waals surface area contributed by atoms with Crippen molar-refractivity contribution in [1.29, 1.82) is 0 Å². The second kappa shape index (κ2) is 5.17. The van der Waals surface area contributed by atoms with Crippen molar-refractivity contribution in [3.8, 4) is 0 Å². The molecule has 2 N–H and O–H groups in total. The van der Waals surface area contributed by atoms with Gasteiger partial charge < -0.3 is 10.3 Å². The predicted octanol–water partition coefficient (Wildman–Crippen LogP) is 2.52. The van der Waals surface area contributed by atoms with Crippen LogP contribution >= 0.6 is 0 Å². The lowest BCUT2D eigenvalue weighted by Crippen LogP contribution is -2.36. The highest BCUT2D eigenvalue weighted by molar-refractivity contribution is 5.81. The van der Waals surface area contributed by atoms with Crippen LogP contribution in [0, 0.1) is 6.92 Å². The highest BCUT2D eigenvalue weighted by atomic mass is 16.1. The molecule has 3 heteroatoms. The fourth-order valence-corrected chi connectivity index (χ4v) is 2.94. The zero-order valence-corrected chi connectivity index (χ0v) is 11.3. The Bertz CT molecular complexity index is 639. The number of aromatic nitrogens is 1. The van der Waals surface area contributed by atoms with Gasteiger partial charge in [0.25, 0.3) is 5.56 Å².